The van der Waals surface area contributed by atoms with E-state index in [1.807, 2.05) is 48.0 Å². The molecule has 0 saturated heterocycles. The van der Waals surface area contributed by atoms with Crippen molar-refractivity contribution in [3.63, 3.8) is 0 Å². The van der Waals surface area contributed by atoms with Gasteiger partial charge in [0.25, 0.3) is 5.13 Å². The van der Waals surface area contributed by atoms with Gasteiger partial charge in [0.05, 0.1) is 19.3 Å². The fourth-order valence-electron chi connectivity index (χ4n) is 3.29. The average molecular weight is 433 g/mol. The lowest BCUT2D eigenvalue weighted by Gasteiger charge is -2.09. The van der Waals surface area contributed by atoms with E-state index in [0.29, 0.717) is 6.61 Å². The molecule has 0 saturated carbocycles. The summed E-state index contributed by atoms with van der Waals surface area (Å²) < 4.78 is 13.2. The van der Waals surface area contributed by atoms with Crippen LogP contribution in [-0.2, 0) is 6.42 Å². The van der Waals surface area contributed by atoms with Gasteiger partial charge in [0, 0.05) is 22.9 Å². The van der Waals surface area contributed by atoms with Crippen LogP contribution in [0.3, 0.4) is 0 Å². The molecule has 4 rings (SSSR count). The van der Waals surface area contributed by atoms with Gasteiger partial charge in [-0.15, -0.1) is 0 Å². The standard InChI is InChI=1S/C25H26N3O2S/c1-4-18-11-14-20(15-12-18)26-25-27-28(21-9-7-6-8-10-21)24(31-25)19-13-16-22(29-3)23(17-19)30-5-2/h6-17H,4-5H2,1-3H3,(H,26,27)/q+1. The molecule has 4 aromatic rings. The Labute approximate surface area is 186 Å². The number of aromatic nitrogens is 2. The predicted molar refractivity (Wildman–Crippen MR) is 126 cm³/mol. The molecule has 158 valence electrons. The largest absolute Gasteiger partial charge is 0.493 e. The van der Waals surface area contributed by atoms with Crippen LogP contribution in [0, 0.1) is 0 Å². The first kappa shape index (κ1) is 20.9. The van der Waals surface area contributed by atoms with Gasteiger partial charge in [0.15, 0.2) is 11.5 Å². The second-order valence-electron chi connectivity index (χ2n) is 6.93. The van der Waals surface area contributed by atoms with Crippen LogP contribution in [-0.4, -0.2) is 18.8 Å². The first-order valence-corrected chi connectivity index (χ1v) is 11.2. The summed E-state index contributed by atoms with van der Waals surface area (Å²) in [7, 11) is 1.65. The zero-order chi connectivity index (χ0) is 21.6. The fourth-order valence-corrected chi connectivity index (χ4v) is 4.24. The summed E-state index contributed by atoms with van der Waals surface area (Å²) >= 11 is 1.60. The second kappa shape index (κ2) is 9.62. The molecule has 0 atom stereocenters. The molecule has 0 aliphatic rings. The van der Waals surface area contributed by atoms with E-state index in [2.05, 4.69) is 48.6 Å². The van der Waals surface area contributed by atoms with Gasteiger partial charge in [-0.25, -0.2) is 0 Å². The highest BCUT2D eigenvalue weighted by Crippen LogP contribution is 2.35. The Morgan fingerprint density at radius 1 is 0.935 bits per heavy atom. The summed E-state index contributed by atoms with van der Waals surface area (Å²) in [5.41, 5.74) is 4.34. The Hall–Kier alpha value is -3.38. The zero-order valence-electron chi connectivity index (χ0n) is 18.0. The highest BCUT2D eigenvalue weighted by Gasteiger charge is 2.25. The molecule has 5 nitrogen and oxygen atoms in total. The lowest BCUT2D eigenvalue weighted by atomic mass is 10.1. The molecular weight excluding hydrogens is 406 g/mol. The molecule has 0 bridgehead atoms. The number of nitrogens with zero attached hydrogens (tertiary/aromatic N) is 2. The molecule has 1 N–H and O–H groups in total. The van der Waals surface area contributed by atoms with Gasteiger partial charge >= 0.3 is 5.01 Å². The van der Waals surface area contributed by atoms with E-state index in [0.717, 1.165) is 45.0 Å². The molecular formula is C25H26N3O2S+. The van der Waals surface area contributed by atoms with E-state index in [1.165, 1.54) is 5.56 Å². The van der Waals surface area contributed by atoms with Crippen LogP contribution < -0.4 is 19.5 Å². The average Bonchev–Trinajstić information content (AvgIpc) is 3.24. The summed E-state index contributed by atoms with van der Waals surface area (Å²) in [6.45, 7) is 4.69. The Kier molecular flexibility index (Phi) is 6.48. The van der Waals surface area contributed by atoms with Crippen LogP contribution in [0.2, 0.25) is 0 Å². The smallest absolute Gasteiger partial charge is 0.305 e. The van der Waals surface area contributed by atoms with Gasteiger partial charge in [0.1, 0.15) is 0 Å². The van der Waals surface area contributed by atoms with Gasteiger partial charge in [-0.1, -0.05) is 37.3 Å². The van der Waals surface area contributed by atoms with E-state index >= 15 is 0 Å². The maximum Gasteiger partial charge on any atom is 0.305 e. The van der Waals surface area contributed by atoms with E-state index in [-0.39, 0.29) is 0 Å². The first-order valence-electron chi connectivity index (χ1n) is 10.4. The minimum atomic E-state index is 0.571. The first-order chi connectivity index (χ1) is 15.2. The van der Waals surface area contributed by atoms with E-state index in [9.17, 15) is 0 Å². The molecule has 0 unspecified atom stereocenters. The maximum atomic E-state index is 5.79. The SMILES string of the molecule is CCOc1cc(-c2sc(Nc3ccc(CC)cc3)n[n+]2-c2ccccc2)ccc1OC. The minimum absolute atomic E-state index is 0.571. The summed E-state index contributed by atoms with van der Waals surface area (Å²) in [4.78, 5) is 0. The number of methoxy groups -OCH3 is 1. The molecule has 0 aliphatic carbocycles. The number of rotatable bonds is 8. The van der Waals surface area contributed by atoms with E-state index < -0.39 is 0 Å². The summed E-state index contributed by atoms with van der Waals surface area (Å²) in [5.74, 6) is 1.44. The van der Waals surface area contributed by atoms with Crippen molar-refractivity contribution in [1.82, 2.24) is 5.10 Å². The van der Waals surface area contributed by atoms with Crippen molar-refractivity contribution in [1.29, 1.82) is 0 Å². The number of anilines is 2. The van der Waals surface area contributed by atoms with Crippen molar-refractivity contribution in [3.8, 4) is 27.8 Å². The highest BCUT2D eigenvalue weighted by atomic mass is 32.1. The molecule has 6 heteroatoms. The zero-order valence-corrected chi connectivity index (χ0v) is 18.8. The van der Waals surface area contributed by atoms with Crippen LogP contribution in [0.5, 0.6) is 11.5 Å². The third kappa shape index (κ3) is 4.70. The number of nitrogens with one attached hydrogen (secondary N) is 1. The van der Waals surface area contributed by atoms with Gasteiger partial charge in [-0.3, -0.25) is 0 Å². The monoisotopic (exact) mass is 432 g/mol. The molecule has 3 aromatic carbocycles. The summed E-state index contributed by atoms with van der Waals surface area (Å²) in [5, 5.41) is 10.1. The van der Waals surface area contributed by atoms with Crippen LogP contribution in [0.15, 0.2) is 72.8 Å². The van der Waals surface area contributed by atoms with Gasteiger partial charge in [-0.2, -0.15) is 0 Å². The van der Waals surface area contributed by atoms with Crippen molar-refractivity contribution in [2.24, 2.45) is 0 Å². The van der Waals surface area contributed by atoms with E-state index in [4.69, 9.17) is 14.6 Å². The van der Waals surface area contributed by atoms with Crippen molar-refractivity contribution in [2.45, 2.75) is 20.3 Å². The third-order valence-electron chi connectivity index (χ3n) is 4.90. The van der Waals surface area contributed by atoms with E-state index in [1.54, 1.807) is 18.4 Å². The number of aryl methyl sites for hydroxylation is 1. The molecule has 1 heterocycles. The normalized spacial score (nSPS) is 10.7. The molecule has 1 aromatic heterocycles. The topological polar surface area (TPSA) is 47.3 Å². The van der Waals surface area contributed by atoms with Crippen LogP contribution in [0.4, 0.5) is 10.8 Å². The van der Waals surface area contributed by atoms with Gasteiger partial charge in [0.2, 0.25) is 5.69 Å². The van der Waals surface area contributed by atoms with Gasteiger partial charge < -0.3 is 14.8 Å². The highest BCUT2D eigenvalue weighted by molar-refractivity contribution is 7.18. The Morgan fingerprint density at radius 2 is 1.71 bits per heavy atom. The number of para-hydroxylation sites is 1. The van der Waals surface area contributed by atoms with Crippen LogP contribution in [0.1, 0.15) is 19.4 Å². The fraction of sp³-hybridized carbons (Fsp3) is 0.200. The Bertz CT molecular complexity index is 1140. The molecule has 0 fully saturated rings. The lowest BCUT2D eigenvalue weighted by molar-refractivity contribution is -0.642. The number of benzene rings is 3. The summed E-state index contributed by atoms with van der Waals surface area (Å²) in [6, 6.07) is 24.6. The molecule has 0 aliphatic heterocycles. The van der Waals surface area contributed by atoms with Gasteiger partial charge in [-0.05, 0) is 65.3 Å². The Morgan fingerprint density at radius 3 is 2.39 bits per heavy atom. The molecule has 0 amide bonds. The molecule has 0 spiro atoms. The molecule has 0 radical (unpaired) electrons. The van der Waals surface area contributed by atoms with Crippen molar-refractivity contribution >= 4 is 22.2 Å². The van der Waals surface area contributed by atoms with Crippen LogP contribution in [0.25, 0.3) is 16.3 Å². The minimum Gasteiger partial charge on any atom is -0.493 e. The molecule has 31 heavy (non-hydrogen) atoms. The number of hydrogen-bond acceptors (Lipinski definition) is 5. The van der Waals surface area contributed by atoms with Crippen molar-refractivity contribution in [2.75, 3.05) is 19.0 Å². The van der Waals surface area contributed by atoms with Crippen LogP contribution >= 0.6 is 11.3 Å². The maximum absolute atomic E-state index is 5.79. The summed E-state index contributed by atoms with van der Waals surface area (Å²) in [6.07, 6.45) is 1.02. The third-order valence-corrected chi connectivity index (χ3v) is 5.88. The second-order valence-corrected chi connectivity index (χ2v) is 7.91. The number of hydrogen-bond donors (Lipinski definition) is 1. The van der Waals surface area contributed by atoms with Crippen molar-refractivity contribution < 1.29 is 14.2 Å². The predicted octanol–water partition coefficient (Wildman–Crippen LogP) is 5.80. The lowest BCUT2D eigenvalue weighted by Crippen LogP contribution is -2.34. The quantitative estimate of drug-likeness (QED) is 0.358. The van der Waals surface area contributed by atoms with Crippen molar-refractivity contribution in [3.05, 3.63) is 78.4 Å². The Balaban J connectivity index is 1.76. The number of ether oxygens (including phenoxy) is 2.